The van der Waals surface area contributed by atoms with Gasteiger partial charge < -0.3 is 14.8 Å². The van der Waals surface area contributed by atoms with Crippen LogP contribution in [0.15, 0.2) is 35.2 Å². The minimum Gasteiger partial charge on any atom is -0.365 e. The van der Waals surface area contributed by atoms with Gasteiger partial charge in [0.2, 0.25) is 11.8 Å². The van der Waals surface area contributed by atoms with Crippen LogP contribution in [-0.4, -0.2) is 65.4 Å². The van der Waals surface area contributed by atoms with Gasteiger partial charge in [-0.15, -0.1) is 0 Å². The predicted molar refractivity (Wildman–Crippen MR) is 102 cm³/mol. The summed E-state index contributed by atoms with van der Waals surface area (Å²) in [6, 6.07) is 5.96. The largest absolute Gasteiger partial charge is 0.365 e. The zero-order valence-electron chi connectivity index (χ0n) is 15.0. The number of nitrogens with zero attached hydrogens (tertiary/aromatic N) is 3. The van der Waals surface area contributed by atoms with Gasteiger partial charge in [0.15, 0.2) is 0 Å². The number of aromatic nitrogens is 1. The van der Waals surface area contributed by atoms with Gasteiger partial charge in [0.25, 0.3) is 0 Å². The number of hydrogen-bond donors (Lipinski definition) is 1. The summed E-state index contributed by atoms with van der Waals surface area (Å²) in [6.45, 7) is 2.51. The zero-order valence-corrected chi connectivity index (χ0v) is 15.8. The van der Waals surface area contributed by atoms with Crippen LogP contribution in [0, 0.1) is 0 Å². The Balaban J connectivity index is 1.43. The van der Waals surface area contributed by atoms with Crippen molar-refractivity contribution in [3.8, 4) is 0 Å². The molecule has 0 aromatic carbocycles. The molecule has 2 fully saturated rings. The third-order valence-corrected chi connectivity index (χ3v) is 6.38. The van der Waals surface area contributed by atoms with Gasteiger partial charge in [0.1, 0.15) is 0 Å². The van der Waals surface area contributed by atoms with Crippen LogP contribution in [0.2, 0.25) is 0 Å². The summed E-state index contributed by atoms with van der Waals surface area (Å²) in [7, 11) is 2.01. The van der Waals surface area contributed by atoms with E-state index in [0.29, 0.717) is 26.1 Å². The van der Waals surface area contributed by atoms with Gasteiger partial charge in [-0.25, -0.2) is 0 Å². The maximum absolute atomic E-state index is 12.7. The number of hydrogen-bond acceptors (Lipinski definition) is 4. The molecule has 2 aromatic heterocycles. The van der Waals surface area contributed by atoms with E-state index in [1.165, 1.54) is 0 Å². The summed E-state index contributed by atoms with van der Waals surface area (Å²) in [5.74, 6) is 0.330. The van der Waals surface area contributed by atoms with E-state index >= 15 is 0 Å². The van der Waals surface area contributed by atoms with Crippen LogP contribution in [0.1, 0.15) is 18.5 Å². The Kier molecular flexibility index (Phi) is 4.58. The lowest BCUT2D eigenvalue weighted by molar-refractivity contribution is -0.130. The highest BCUT2D eigenvalue weighted by atomic mass is 32.1. The lowest BCUT2D eigenvalue weighted by Crippen LogP contribution is -2.64. The summed E-state index contributed by atoms with van der Waals surface area (Å²) >= 11 is 1.60. The number of anilines is 1. The number of aryl methyl sites for hydroxylation is 1. The molecule has 6 nitrogen and oxygen atoms in total. The Morgan fingerprint density at radius 1 is 1.35 bits per heavy atom. The monoisotopic (exact) mass is 372 g/mol. The van der Waals surface area contributed by atoms with Crippen LogP contribution in [0.4, 0.5) is 5.69 Å². The van der Waals surface area contributed by atoms with Gasteiger partial charge in [-0.05, 0) is 43.5 Å². The zero-order chi connectivity index (χ0) is 18.1. The van der Waals surface area contributed by atoms with Gasteiger partial charge in [0.05, 0.1) is 17.8 Å². The smallest absolute Gasteiger partial charge is 0.241 e. The van der Waals surface area contributed by atoms with Crippen LogP contribution < -0.4 is 4.90 Å². The van der Waals surface area contributed by atoms with Crippen molar-refractivity contribution in [1.82, 2.24) is 14.8 Å². The van der Waals surface area contributed by atoms with E-state index in [9.17, 15) is 9.59 Å². The second-order valence-corrected chi connectivity index (χ2v) is 8.08. The molecule has 26 heavy (non-hydrogen) atoms. The first-order chi connectivity index (χ1) is 12.6. The van der Waals surface area contributed by atoms with Crippen molar-refractivity contribution in [2.45, 2.75) is 24.8 Å². The second-order valence-electron chi connectivity index (χ2n) is 7.30. The summed E-state index contributed by atoms with van der Waals surface area (Å²) < 4.78 is 0. The van der Waals surface area contributed by atoms with E-state index in [4.69, 9.17) is 0 Å². The summed E-state index contributed by atoms with van der Waals surface area (Å²) in [4.78, 5) is 34.3. The summed E-state index contributed by atoms with van der Waals surface area (Å²) in [6.07, 6.45) is 4.06. The van der Waals surface area contributed by atoms with Crippen LogP contribution in [0.25, 0.3) is 0 Å². The molecule has 1 atom stereocenters. The van der Waals surface area contributed by atoms with E-state index in [1.54, 1.807) is 11.3 Å². The number of amides is 2. The average Bonchev–Trinajstić information content (AvgIpc) is 3.38. The number of aromatic amines is 1. The maximum Gasteiger partial charge on any atom is 0.241 e. The fourth-order valence-corrected chi connectivity index (χ4v) is 4.68. The van der Waals surface area contributed by atoms with Gasteiger partial charge in [-0.1, -0.05) is 0 Å². The molecule has 0 aliphatic carbocycles. The Morgan fingerprint density at radius 2 is 2.23 bits per heavy atom. The lowest BCUT2D eigenvalue weighted by Gasteiger charge is -2.46. The molecule has 1 unspecified atom stereocenters. The molecule has 2 saturated heterocycles. The number of thiophene rings is 1. The van der Waals surface area contributed by atoms with E-state index in [0.717, 1.165) is 30.8 Å². The van der Waals surface area contributed by atoms with Gasteiger partial charge in [0, 0.05) is 43.3 Å². The van der Waals surface area contributed by atoms with Crippen LogP contribution in [-0.2, 0) is 16.0 Å². The number of carbonyl (C=O) groups is 2. The fraction of sp³-hybridized carbons (Fsp3) is 0.474. The molecule has 4 heterocycles. The number of rotatable bonds is 4. The molecule has 138 valence electrons. The van der Waals surface area contributed by atoms with Crippen molar-refractivity contribution >= 4 is 28.8 Å². The quantitative estimate of drug-likeness (QED) is 0.893. The van der Waals surface area contributed by atoms with Crippen LogP contribution >= 0.6 is 11.3 Å². The van der Waals surface area contributed by atoms with Crippen LogP contribution in [0.5, 0.6) is 0 Å². The Hall–Kier alpha value is -2.12. The topological polar surface area (TPSA) is 59.7 Å². The Morgan fingerprint density at radius 3 is 2.96 bits per heavy atom. The molecule has 0 bridgehead atoms. The molecule has 2 amide bonds. The molecular formula is C19H24N4O2S. The number of piperazine rings is 1. The standard InChI is InChI=1S/C19H24N4O2S/c1-21-11-18(25)23(16-6-10-26-12-16)14-19(21)7-9-22(13-19)17(24)5-4-15-3-2-8-20-15/h2-3,6,8,10,12,20H,4-5,7,9,11,13-14H2,1H3. The normalized spacial score (nSPS) is 24.0. The van der Waals surface area contributed by atoms with Crippen molar-refractivity contribution in [3.63, 3.8) is 0 Å². The number of nitrogens with one attached hydrogen (secondary N) is 1. The van der Waals surface area contributed by atoms with E-state index in [2.05, 4.69) is 9.88 Å². The number of carbonyl (C=O) groups excluding carboxylic acids is 2. The molecule has 2 aliphatic heterocycles. The van der Waals surface area contributed by atoms with Gasteiger partial charge >= 0.3 is 0 Å². The predicted octanol–water partition coefficient (Wildman–Crippen LogP) is 1.96. The molecule has 1 N–H and O–H groups in total. The molecule has 2 aromatic rings. The molecule has 0 saturated carbocycles. The number of H-pyrrole nitrogens is 1. The van der Waals surface area contributed by atoms with Crippen molar-refractivity contribution in [3.05, 3.63) is 40.8 Å². The molecular weight excluding hydrogens is 348 g/mol. The highest BCUT2D eigenvalue weighted by Crippen LogP contribution is 2.34. The lowest BCUT2D eigenvalue weighted by atomic mass is 9.93. The summed E-state index contributed by atoms with van der Waals surface area (Å²) in [5, 5.41) is 4.02. The first-order valence-corrected chi connectivity index (χ1v) is 9.96. The molecule has 1 spiro atoms. The van der Waals surface area contributed by atoms with Crippen molar-refractivity contribution in [2.24, 2.45) is 0 Å². The first kappa shape index (κ1) is 17.3. The third kappa shape index (κ3) is 3.17. The second kappa shape index (κ2) is 6.89. The van der Waals surface area contributed by atoms with E-state index in [-0.39, 0.29) is 17.4 Å². The van der Waals surface area contributed by atoms with Crippen LogP contribution in [0.3, 0.4) is 0 Å². The highest BCUT2D eigenvalue weighted by molar-refractivity contribution is 7.08. The third-order valence-electron chi connectivity index (χ3n) is 5.71. The minimum atomic E-state index is -0.141. The average molecular weight is 372 g/mol. The number of likely N-dealkylation sites (tertiary alicyclic amines) is 1. The van der Waals surface area contributed by atoms with Gasteiger partial charge in [-0.2, -0.15) is 11.3 Å². The van der Waals surface area contributed by atoms with E-state index < -0.39 is 0 Å². The molecule has 4 rings (SSSR count). The minimum absolute atomic E-state index is 0.132. The number of likely N-dealkylation sites (N-methyl/N-ethyl adjacent to an activating group) is 1. The Labute approximate surface area is 157 Å². The maximum atomic E-state index is 12.7. The van der Waals surface area contributed by atoms with Crippen molar-refractivity contribution in [1.29, 1.82) is 0 Å². The highest BCUT2D eigenvalue weighted by Gasteiger charge is 2.48. The van der Waals surface area contributed by atoms with E-state index in [1.807, 2.05) is 52.0 Å². The van der Waals surface area contributed by atoms with Crippen molar-refractivity contribution < 1.29 is 9.59 Å². The van der Waals surface area contributed by atoms with Gasteiger partial charge in [-0.3, -0.25) is 14.5 Å². The molecule has 0 radical (unpaired) electrons. The first-order valence-electron chi connectivity index (χ1n) is 9.01. The molecule has 2 aliphatic rings. The Bertz CT molecular complexity index is 774. The van der Waals surface area contributed by atoms with Crippen molar-refractivity contribution in [2.75, 3.05) is 38.1 Å². The molecule has 7 heteroatoms. The SMILES string of the molecule is CN1CC(=O)N(c2ccsc2)CC12CCN(C(=O)CCc1ccc[nH]1)C2. The fourth-order valence-electron chi connectivity index (χ4n) is 4.04. The summed E-state index contributed by atoms with van der Waals surface area (Å²) in [5.41, 5.74) is 1.93.